The van der Waals surface area contributed by atoms with Crippen LogP contribution in [-0.4, -0.2) is 36.9 Å². The van der Waals surface area contributed by atoms with Crippen LogP contribution >= 0.6 is 0 Å². The van der Waals surface area contributed by atoms with Gasteiger partial charge in [-0.05, 0) is 13.3 Å². The summed E-state index contributed by atoms with van der Waals surface area (Å²) in [6.07, 6.45) is 3.28. The maximum atomic E-state index is 11.1. The summed E-state index contributed by atoms with van der Waals surface area (Å²) in [5, 5.41) is 11.3. The molecule has 4 nitrogen and oxygen atoms in total. The maximum absolute atomic E-state index is 11.1. The highest BCUT2D eigenvalue weighted by molar-refractivity contribution is 5.77. The van der Waals surface area contributed by atoms with Gasteiger partial charge in [0.05, 0.1) is 6.61 Å². The third kappa shape index (κ3) is 8.01. The van der Waals surface area contributed by atoms with Crippen LogP contribution in [0.25, 0.3) is 0 Å². The number of ether oxygens (including phenoxy) is 1. The Morgan fingerprint density at radius 3 is 2.79 bits per heavy atom. The van der Waals surface area contributed by atoms with Crippen LogP contribution in [0.4, 0.5) is 0 Å². The van der Waals surface area contributed by atoms with Crippen molar-refractivity contribution in [2.24, 2.45) is 0 Å². The summed E-state index contributed by atoms with van der Waals surface area (Å²) in [6, 6.07) is -0.193. The van der Waals surface area contributed by atoms with Crippen molar-refractivity contribution in [2.75, 3.05) is 19.8 Å². The van der Waals surface area contributed by atoms with E-state index in [1.165, 1.54) is 0 Å². The predicted molar refractivity (Wildman–Crippen MR) is 55.0 cm³/mol. The molecule has 0 aliphatic rings. The molecule has 0 aromatic carbocycles. The topological polar surface area (TPSA) is 58.6 Å². The minimum absolute atomic E-state index is 0.0401. The number of carbonyl (C=O) groups is 1. The highest BCUT2D eigenvalue weighted by Gasteiger charge is 2.05. The summed E-state index contributed by atoms with van der Waals surface area (Å²) in [5.41, 5.74) is 0. The average molecular weight is 203 g/mol. The summed E-state index contributed by atoms with van der Waals surface area (Å²) in [6.45, 7) is 4.55. The molecular formula is C10H21NO3. The second-order valence-electron chi connectivity index (χ2n) is 3.41. The van der Waals surface area contributed by atoms with Gasteiger partial charge >= 0.3 is 0 Å². The van der Waals surface area contributed by atoms with Crippen molar-refractivity contribution in [2.45, 2.75) is 39.2 Å². The van der Waals surface area contributed by atoms with E-state index in [-0.39, 0.29) is 25.2 Å². The van der Waals surface area contributed by atoms with E-state index >= 15 is 0 Å². The van der Waals surface area contributed by atoms with Crippen LogP contribution in [0.1, 0.15) is 33.1 Å². The number of aliphatic hydroxyl groups is 1. The zero-order chi connectivity index (χ0) is 10.8. The SMILES string of the molecule is CCCCCOCC(=O)NC(C)CO. The Balaban J connectivity index is 3.27. The van der Waals surface area contributed by atoms with Crippen molar-refractivity contribution in [3.8, 4) is 0 Å². The van der Waals surface area contributed by atoms with Gasteiger partial charge in [0.15, 0.2) is 0 Å². The minimum atomic E-state index is -0.193. The number of nitrogens with one attached hydrogen (secondary N) is 1. The fourth-order valence-electron chi connectivity index (χ4n) is 0.981. The van der Waals surface area contributed by atoms with Gasteiger partial charge in [-0.15, -0.1) is 0 Å². The molecule has 0 saturated heterocycles. The number of hydrogen-bond donors (Lipinski definition) is 2. The molecule has 1 atom stereocenters. The number of amides is 1. The molecule has 1 unspecified atom stereocenters. The molecule has 1 amide bonds. The van der Waals surface area contributed by atoms with Gasteiger partial charge in [-0.1, -0.05) is 19.8 Å². The Labute approximate surface area is 85.6 Å². The standard InChI is InChI=1S/C10H21NO3/c1-3-4-5-6-14-8-10(13)11-9(2)7-12/h9,12H,3-8H2,1-2H3,(H,11,13). The minimum Gasteiger partial charge on any atom is -0.394 e. The van der Waals surface area contributed by atoms with Gasteiger partial charge in [0, 0.05) is 12.6 Å². The molecule has 0 bridgehead atoms. The fraction of sp³-hybridized carbons (Fsp3) is 0.900. The zero-order valence-electron chi connectivity index (χ0n) is 9.08. The lowest BCUT2D eigenvalue weighted by Gasteiger charge is -2.10. The van der Waals surface area contributed by atoms with E-state index in [1.54, 1.807) is 6.92 Å². The zero-order valence-corrected chi connectivity index (χ0v) is 9.08. The molecule has 0 fully saturated rings. The van der Waals surface area contributed by atoms with Crippen LogP contribution in [-0.2, 0) is 9.53 Å². The molecule has 0 radical (unpaired) electrons. The van der Waals surface area contributed by atoms with E-state index in [2.05, 4.69) is 12.2 Å². The van der Waals surface area contributed by atoms with E-state index in [1.807, 2.05) is 0 Å². The number of hydrogen-bond acceptors (Lipinski definition) is 3. The summed E-state index contributed by atoms with van der Waals surface area (Å²) in [5.74, 6) is -0.164. The first-order chi connectivity index (χ1) is 6.70. The number of aliphatic hydroxyl groups excluding tert-OH is 1. The highest BCUT2D eigenvalue weighted by Crippen LogP contribution is 1.93. The average Bonchev–Trinajstić information content (AvgIpc) is 2.17. The molecule has 0 spiro atoms. The van der Waals surface area contributed by atoms with Gasteiger partial charge in [0.1, 0.15) is 6.61 Å². The molecule has 0 aromatic rings. The van der Waals surface area contributed by atoms with E-state index in [0.717, 1.165) is 19.3 Å². The lowest BCUT2D eigenvalue weighted by molar-refractivity contribution is -0.126. The second-order valence-corrected chi connectivity index (χ2v) is 3.41. The Bertz CT molecular complexity index is 150. The van der Waals surface area contributed by atoms with Crippen LogP contribution in [0, 0.1) is 0 Å². The third-order valence-electron chi connectivity index (χ3n) is 1.81. The second kappa shape index (κ2) is 8.97. The van der Waals surface area contributed by atoms with Crippen molar-refractivity contribution in [3.63, 3.8) is 0 Å². The van der Waals surface area contributed by atoms with Gasteiger partial charge in [0.25, 0.3) is 0 Å². The van der Waals surface area contributed by atoms with Crippen molar-refractivity contribution in [1.29, 1.82) is 0 Å². The smallest absolute Gasteiger partial charge is 0.246 e. The van der Waals surface area contributed by atoms with Crippen LogP contribution < -0.4 is 5.32 Å². The Kier molecular flexibility index (Phi) is 8.57. The third-order valence-corrected chi connectivity index (χ3v) is 1.81. The Morgan fingerprint density at radius 2 is 2.21 bits per heavy atom. The summed E-state index contributed by atoms with van der Waals surface area (Å²) in [7, 11) is 0. The van der Waals surface area contributed by atoms with Crippen molar-refractivity contribution in [1.82, 2.24) is 5.32 Å². The maximum Gasteiger partial charge on any atom is 0.246 e. The van der Waals surface area contributed by atoms with Crippen LogP contribution in [0.2, 0.25) is 0 Å². The fourth-order valence-corrected chi connectivity index (χ4v) is 0.981. The van der Waals surface area contributed by atoms with Crippen LogP contribution in [0.3, 0.4) is 0 Å². The molecule has 0 aliphatic carbocycles. The van der Waals surface area contributed by atoms with Gasteiger partial charge in [-0.2, -0.15) is 0 Å². The summed E-state index contributed by atoms with van der Waals surface area (Å²) < 4.78 is 5.15. The molecule has 0 heterocycles. The highest BCUT2D eigenvalue weighted by atomic mass is 16.5. The summed E-state index contributed by atoms with van der Waals surface area (Å²) >= 11 is 0. The number of unbranched alkanes of at least 4 members (excludes halogenated alkanes) is 2. The van der Waals surface area contributed by atoms with Crippen molar-refractivity contribution < 1.29 is 14.6 Å². The summed E-state index contributed by atoms with van der Waals surface area (Å²) in [4.78, 5) is 11.1. The molecule has 84 valence electrons. The Morgan fingerprint density at radius 1 is 1.50 bits per heavy atom. The van der Waals surface area contributed by atoms with Crippen LogP contribution in [0.15, 0.2) is 0 Å². The first-order valence-corrected chi connectivity index (χ1v) is 5.18. The van der Waals surface area contributed by atoms with Gasteiger partial charge < -0.3 is 15.2 Å². The normalized spacial score (nSPS) is 12.5. The van der Waals surface area contributed by atoms with Gasteiger partial charge in [-0.25, -0.2) is 0 Å². The first-order valence-electron chi connectivity index (χ1n) is 5.18. The monoisotopic (exact) mass is 203 g/mol. The van der Waals surface area contributed by atoms with Gasteiger partial charge in [0.2, 0.25) is 5.91 Å². The Hall–Kier alpha value is -0.610. The molecule has 2 N–H and O–H groups in total. The first kappa shape index (κ1) is 13.4. The lowest BCUT2D eigenvalue weighted by atomic mass is 10.3. The van der Waals surface area contributed by atoms with Crippen LogP contribution in [0.5, 0.6) is 0 Å². The number of carbonyl (C=O) groups excluding carboxylic acids is 1. The van der Waals surface area contributed by atoms with E-state index in [4.69, 9.17) is 9.84 Å². The van der Waals surface area contributed by atoms with E-state index in [0.29, 0.717) is 6.61 Å². The van der Waals surface area contributed by atoms with Crippen molar-refractivity contribution >= 4 is 5.91 Å². The van der Waals surface area contributed by atoms with E-state index < -0.39 is 0 Å². The molecular weight excluding hydrogens is 182 g/mol. The quantitative estimate of drug-likeness (QED) is 0.571. The molecule has 4 heteroatoms. The molecule has 0 rings (SSSR count). The van der Waals surface area contributed by atoms with Gasteiger partial charge in [-0.3, -0.25) is 4.79 Å². The molecule has 0 saturated carbocycles. The largest absolute Gasteiger partial charge is 0.394 e. The number of rotatable bonds is 8. The van der Waals surface area contributed by atoms with E-state index in [9.17, 15) is 4.79 Å². The molecule has 0 aliphatic heterocycles. The molecule has 14 heavy (non-hydrogen) atoms. The lowest BCUT2D eigenvalue weighted by Crippen LogP contribution is -2.37. The van der Waals surface area contributed by atoms with Crippen molar-refractivity contribution in [3.05, 3.63) is 0 Å². The molecule has 0 aromatic heterocycles. The predicted octanol–water partition coefficient (Wildman–Crippen LogP) is 0.690.